The standard InChI is InChI=1S/C13H23N5O3S/c1-10(12(19)16-13(9-14)5-3-4-6-13)17-22(20,21)11-7-15-18(2)8-11/h7-8,10,17H,3-6,9,14H2,1-2H3,(H,16,19). The van der Waals surface area contributed by atoms with E-state index >= 15 is 0 Å². The van der Waals surface area contributed by atoms with Gasteiger partial charge in [0.2, 0.25) is 15.9 Å². The molecule has 1 saturated carbocycles. The molecule has 0 saturated heterocycles. The zero-order valence-electron chi connectivity index (χ0n) is 12.9. The molecule has 22 heavy (non-hydrogen) atoms. The maximum absolute atomic E-state index is 12.3. The zero-order valence-corrected chi connectivity index (χ0v) is 13.7. The van der Waals surface area contributed by atoms with Crippen molar-refractivity contribution in [2.75, 3.05) is 6.54 Å². The van der Waals surface area contributed by atoms with Gasteiger partial charge in [-0.15, -0.1) is 0 Å². The molecule has 1 unspecified atom stereocenters. The van der Waals surface area contributed by atoms with Gasteiger partial charge in [0.1, 0.15) is 4.90 Å². The minimum atomic E-state index is -3.77. The van der Waals surface area contributed by atoms with Gasteiger partial charge < -0.3 is 11.1 Å². The van der Waals surface area contributed by atoms with E-state index in [-0.39, 0.29) is 10.8 Å². The van der Waals surface area contributed by atoms with Crippen molar-refractivity contribution < 1.29 is 13.2 Å². The predicted octanol–water partition coefficient (Wildman–Crippen LogP) is -0.525. The van der Waals surface area contributed by atoms with Gasteiger partial charge in [0.25, 0.3) is 0 Å². The lowest BCUT2D eigenvalue weighted by molar-refractivity contribution is -0.124. The van der Waals surface area contributed by atoms with Crippen LogP contribution < -0.4 is 15.8 Å². The highest BCUT2D eigenvalue weighted by Crippen LogP contribution is 2.28. The largest absolute Gasteiger partial charge is 0.348 e. The van der Waals surface area contributed by atoms with Gasteiger partial charge >= 0.3 is 0 Å². The lowest BCUT2D eigenvalue weighted by Gasteiger charge is -2.30. The third-order valence-electron chi connectivity index (χ3n) is 4.06. The summed E-state index contributed by atoms with van der Waals surface area (Å²) in [6.07, 6.45) is 6.33. The molecule has 4 N–H and O–H groups in total. The molecule has 1 fully saturated rings. The van der Waals surface area contributed by atoms with Crippen LogP contribution in [0.2, 0.25) is 0 Å². The van der Waals surface area contributed by atoms with E-state index in [1.165, 1.54) is 24.0 Å². The van der Waals surface area contributed by atoms with E-state index in [0.29, 0.717) is 6.54 Å². The first-order valence-electron chi connectivity index (χ1n) is 7.31. The smallest absolute Gasteiger partial charge is 0.244 e. The molecule has 1 amide bonds. The summed E-state index contributed by atoms with van der Waals surface area (Å²) in [5.74, 6) is -0.361. The number of nitrogens with one attached hydrogen (secondary N) is 2. The first-order valence-corrected chi connectivity index (χ1v) is 8.79. The molecular formula is C13H23N5O3S. The fourth-order valence-electron chi connectivity index (χ4n) is 2.69. The Hall–Kier alpha value is -1.45. The predicted molar refractivity (Wildman–Crippen MR) is 81.4 cm³/mol. The van der Waals surface area contributed by atoms with Gasteiger partial charge in [-0.25, -0.2) is 8.42 Å². The van der Waals surface area contributed by atoms with Gasteiger partial charge in [-0.05, 0) is 19.8 Å². The maximum atomic E-state index is 12.3. The second-order valence-corrected chi connectivity index (χ2v) is 7.59. The Kier molecular flexibility index (Phi) is 4.88. The fraction of sp³-hybridized carbons (Fsp3) is 0.692. The normalized spacial score (nSPS) is 19.0. The van der Waals surface area contributed by atoms with Crippen LogP contribution in [0, 0.1) is 0 Å². The van der Waals surface area contributed by atoms with E-state index in [4.69, 9.17) is 5.73 Å². The molecule has 1 aliphatic rings. The third kappa shape index (κ3) is 3.65. The number of aromatic nitrogens is 2. The Morgan fingerprint density at radius 1 is 1.50 bits per heavy atom. The highest BCUT2D eigenvalue weighted by atomic mass is 32.2. The Labute approximate surface area is 130 Å². The molecule has 0 aliphatic heterocycles. The monoisotopic (exact) mass is 329 g/mol. The van der Waals surface area contributed by atoms with Crippen molar-refractivity contribution in [1.29, 1.82) is 0 Å². The van der Waals surface area contributed by atoms with Crippen molar-refractivity contribution in [2.45, 2.75) is 49.1 Å². The number of sulfonamides is 1. The summed E-state index contributed by atoms with van der Waals surface area (Å²) in [5.41, 5.74) is 5.38. The average molecular weight is 329 g/mol. The zero-order chi connectivity index (χ0) is 16.4. The van der Waals surface area contributed by atoms with E-state index in [0.717, 1.165) is 25.7 Å². The molecule has 1 heterocycles. The number of rotatable bonds is 6. The number of hydrogen-bond donors (Lipinski definition) is 3. The Morgan fingerprint density at radius 2 is 2.14 bits per heavy atom. The molecule has 9 heteroatoms. The van der Waals surface area contributed by atoms with Crippen molar-refractivity contribution in [1.82, 2.24) is 19.8 Å². The third-order valence-corrected chi connectivity index (χ3v) is 5.55. The van der Waals surface area contributed by atoms with Crippen LogP contribution in [-0.4, -0.2) is 42.2 Å². The summed E-state index contributed by atoms with van der Waals surface area (Å²) in [4.78, 5) is 12.3. The van der Waals surface area contributed by atoms with E-state index in [9.17, 15) is 13.2 Å². The second-order valence-electron chi connectivity index (χ2n) is 5.87. The summed E-state index contributed by atoms with van der Waals surface area (Å²) in [6.45, 7) is 1.88. The number of nitrogens with zero attached hydrogens (tertiary/aromatic N) is 2. The Morgan fingerprint density at radius 3 is 2.64 bits per heavy atom. The summed E-state index contributed by atoms with van der Waals surface area (Å²) in [7, 11) is -2.14. The number of carbonyl (C=O) groups is 1. The van der Waals surface area contributed by atoms with E-state index in [1.807, 2.05) is 0 Å². The lowest BCUT2D eigenvalue weighted by atomic mass is 9.97. The number of hydrogen-bond acceptors (Lipinski definition) is 5. The highest BCUT2D eigenvalue weighted by molar-refractivity contribution is 7.89. The molecule has 8 nitrogen and oxygen atoms in total. The number of aryl methyl sites for hydroxylation is 1. The van der Waals surface area contributed by atoms with Gasteiger partial charge in [-0.1, -0.05) is 12.8 Å². The van der Waals surface area contributed by atoms with Crippen molar-refractivity contribution in [3.05, 3.63) is 12.4 Å². The van der Waals surface area contributed by atoms with Crippen molar-refractivity contribution in [3.63, 3.8) is 0 Å². The first-order chi connectivity index (χ1) is 10.3. The molecule has 0 bridgehead atoms. The van der Waals surface area contributed by atoms with E-state index in [1.54, 1.807) is 7.05 Å². The molecule has 1 aromatic heterocycles. The fourth-order valence-corrected chi connectivity index (χ4v) is 3.88. The van der Waals surface area contributed by atoms with Crippen LogP contribution >= 0.6 is 0 Å². The molecule has 1 aromatic rings. The summed E-state index contributed by atoms with van der Waals surface area (Å²) in [5, 5.41) is 6.73. The molecule has 124 valence electrons. The topological polar surface area (TPSA) is 119 Å². The quantitative estimate of drug-likeness (QED) is 0.648. The van der Waals surface area contributed by atoms with Gasteiger partial charge in [0, 0.05) is 19.8 Å². The Balaban J connectivity index is 2.02. The number of amides is 1. The lowest BCUT2D eigenvalue weighted by Crippen LogP contribution is -2.56. The van der Waals surface area contributed by atoms with E-state index < -0.39 is 21.6 Å². The van der Waals surface area contributed by atoms with Gasteiger partial charge in [-0.2, -0.15) is 9.82 Å². The van der Waals surface area contributed by atoms with Crippen LogP contribution in [0.25, 0.3) is 0 Å². The number of nitrogens with two attached hydrogens (primary N) is 1. The Bertz CT molecular complexity index is 634. The van der Waals surface area contributed by atoms with Crippen LogP contribution in [0.15, 0.2) is 17.3 Å². The average Bonchev–Trinajstić information content (AvgIpc) is 3.08. The van der Waals surface area contributed by atoms with Crippen LogP contribution in [0.5, 0.6) is 0 Å². The minimum Gasteiger partial charge on any atom is -0.348 e. The molecule has 2 rings (SSSR count). The molecule has 0 aromatic carbocycles. The maximum Gasteiger partial charge on any atom is 0.244 e. The van der Waals surface area contributed by atoms with Crippen molar-refractivity contribution in [2.24, 2.45) is 12.8 Å². The summed E-state index contributed by atoms with van der Waals surface area (Å²) < 4.78 is 28.1. The molecule has 1 atom stereocenters. The van der Waals surface area contributed by atoms with E-state index in [2.05, 4.69) is 15.1 Å². The van der Waals surface area contributed by atoms with Crippen LogP contribution in [0.1, 0.15) is 32.6 Å². The van der Waals surface area contributed by atoms with Crippen molar-refractivity contribution in [3.8, 4) is 0 Å². The molecule has 1 aliphatic carbocycles. The minimum absolute atomic E-state index is 0.0315. The molecule has 0 spiro atoms. The SMILES string of the molecule is CC(NS(=O)(=O)c1cnn(C)c1)C(=O)NC1(CN)CCCC1. The first kappa shape index (κ1) is 16.9. The van der Waals surface area contributed by atoms with Gasteiger partial charge in [0.15, 0.2) is 0 Å². The number of carbonyl (C=O) groups excluding carboxylic acids is 1. The van der Waals surface area contributed by atoms with Crippen LogP contribution in [0.4, 0.5) is 0 Å². The highest BCUT2D eigenvalue weighted by Gasteiger charge is 2.35. The van der Waals surface area contributed by atoms with Gasteiger partial charge in [0.05, 0.1) is 17.8 Å². The molecular weight excluding hydrogens is 306 g/mol. The van der Waals surface area contributed by atoms with Gasteiger partial charge in [-0.3, -0.25) is 9.48 Å². The van der Waals surface area contributed by atoms with Crippen LogP contribution in [0.3, 0.4) is 0 Å². The molecule has 0 radical (unpaired) electrons. The second kappa shape index (κ2) is 6.35. The van der Waals surface area contributed by atoms with Crippen LogP contribution in [-0.2, 0) is 21.9 Å². The summed E-state index contributed by atoms with van der Waals surface area (Å²) in [6, 6.07) is -0.880. The summed E-state index contributed by atoms with van der Waals surface area (Å²) >= 11 is 0. The van der Waals surface area contributed by atoms with Crippen molar-refractivity contribution >= 4 is 15.9 Å².